The molecule has 0 aliphatic rings. The van der Waals surface area contributed by atoms with Crippen LogP contribution in [0.25, 0.3) is 0 Å². The van der Waals surface area contributed by atoms with E-state index in [0.29, 0.717) is 13.0 Å². The molecule has 1 aromatic carbocycles. The minimum absolute atomic E-state index is 0.428. The topological polar surface area (TPSA) is 46.2 Å². The fourth-order valence-corrected chi connectivity index (χ4v) is 3.47. The molecule has 0 amide bonds. The summed E-state index contributed by atoms with van der Waals surface area (Å²) in [5.41, 5.74) is 6.49. The van der Waals surface area contributed by atoms with Crippen LogP contribution >= 0.6 is 11.8 Å². The van der Waals surface area contributed by atoms with Crippen LogP contribution in [0.15, 0.2) is 29.2 Å². The molecule has 1 aromatic rings. The zero-order chi connectivity index (χ0) is 14.8. The Bertz CT molecular complexity index is 370. The lowest BCUT2D eigenvalue weighted by Gasteiger charge is -2.15. The van der Waals surface area contributed by atoms with E-state index in [9.17, 15) is 5.11 Å². The molecule has 114 valence electrons. The summed E-state index contributed by atoms with van der Waals surface area (Å²) in [5.74, 6) is 1.98. The van der Waals surface area contributed by atoms with Crippen LogP contribution in [0, 0.1) is 5.92 Å². The fourth-order valence-electron chi connectivity index (χ4n) is 2.25. The molecule has 3 heteroatoms. The molecular formula is C17H29NOS. The predicted molar refractivity (Wildman–Crippen MR) is 89.1 cm³/mol. The van der Waals surface area contributed by atoms with Crippen LogP contribution in [0.2, 0.25) is 0 Å². The Morgan fingerprint density at radius 2 is 2.05 bits per heavy atom. The standard InChI is InChI=1S/C17H29NOS/c1-3-5-7-14(4-2)13-20-16-9-6-8-15(12-16)17(19)10-11-18/h6,8-9,12,14,17,19H,3-5,7,10-11,13,18H2,1-2H3. The molecule has 0 aromatic heterocycles. The number of thioether (sulfide) groups is 1. The smallest absolute Gasteiger partial charge is 0.0802 e. The molecule has 0 saturated carbocycles. The minimum Gasteiger partial charge on any atom is -0.388 e. The van der Waals surface area contributed by atoms with Crippen molar-refractivity contribution in [1.29, 1.82) is 0 Å². The largest absolute Gasteiger partial charge is 0.388 e. The molecule has 0 bridgehead atoms. The Morgan fingerprint density at radius 3 is 2.70 bits per heavy atom. The fraction of sp³-hybridized carbons (Fsp3) is 0.647. The number of nitrogens with two attached hydrogens (primary N) is 1. The van der Waals surface area contributed by atoms with Gasteiger partial charge < -0.3 is 10.8 Å². The van der Waals surface area contributed by atoms with E-state index in [0.717, 1.165) is 11.5 Å². The quantitative estimate of drug-likeness (QED) is 0.630. The summed E-state index contributed by atoms with van der Waals surface area (Å²) in [6.45, 7) is 5.05. The van der Waals surface area contributed by atoms with Crippen molar-refractivity contribution in [3.63, 3.8) is 0 Å². The van der Waals surface area contributed by atoms with E-state index < -0.39 is 6.10 Å². The molecule has 0 radical (unpaired) electrons. The third-order valence-electron chi connectivity index (χ3n) is 3.71. The van der Waals surface area contributed by atoms with Gasteiger partial charge in [-0.3, -0.25) is 0 Å². The highest BCUT2D eigenvalue weighted by atomic mass is 32.2. The minimum atomic E-state index is -0.428. The Balaban J connectivity index is 2.52. The van der Waals surface area contributed by atoms with Gasteiger partial charge in [0.15, 0.2) is 0 Å². The highest BCUT2D eigenvalue weighted by Gasteiger charge is 2.09. The summed E-state index contributed by atoms with van der Waals surface area (Å²) < 4.78 is 0. The summed E-state index contributed by atoms with van der Waals surface area (Å²) in [6, 6.07) is 8.26. The van der Waals surface area contributed by atoms with Gasteiger partial charge in [0.05, 0.1) is 6.10 Å². The van der Waals surface area contributed by atoms with Gasteiger partial charge in [-0.25, -0.2) is 0 Å². The van der Waals surface area contributed by atoms with Gasteiger partial charge in [0.25, 0.3) is 0 Å². The first-order valence-corrected chi connectivity index (χ1v) is 8.80. The number of aliphatic hydroxyl groups excluding tert-OH is 1. The van der Waals surface area contributed by atoms with Crippen molar-refractivity contribution in [3.8, 4) is 0 Å². The molecule has 0 spiro atoms. The molecule has 2 atom stereocenters. The van der Waals surface area contributed by atoms with Gasteiger partial charge in [0.2, 0.25) is 0 Å². The molecule has 2 unspecified atom stereocenters. The van der Waals surface area contributed by atoms with E-state index >= 15 is 0 Å². The molecule has 0 saturated heterocycles. The van der Waals surface area contributed by atoms with Crippen LogP contribution in [0.3, 0.4) is 0 Å². The van der Waals surface area contributed by atoms with E-state index in [1.165, 1.54) is 36.3 Å². The SMILES string of the molecule is CCCCC(CC)CSc1cccc(C(O)CCN)c1. The van der Waals surface area contributed by atoms with Crippen molar-refractivity contribution in [2.24, 2.45) is 11.7 Å². The second-order valence-corrected chi connectivity index (χ2v) is 6.49. The highest BCUT2D eigenvalue weighted by Crippen LogP contribution is 2.27. The Morgan fingerprint density at radius 1 is 1.25 bits per heavy atom. The first-order valence-electron chi connectivity index (χ1n) is 7.82. The average Bonchev–Trinajstić information content (AvgIpc) is 2.48. The summed E-state index contributed by atoms with van der Waals surface area (Å²) in [4.78, 5) is 1.26. The van der Waals surface area contributed by atoms with Gasteiger partial charge in [-0.1, -0.05) is 45.2 Å². The molecule has 1 rings (SSSR count). The number of hydrogen-bond donors (Lipinski definition) is 2. The Labute approximate surface area is 128 Å². The average molecular weight is 295 g/mol. The van der Waals surface area contributed by atoms with Crippen LogP contribution in [0.5, 0.6) is 0 Å². The molecular weight excluding hydrogens is 266 g/mol. The third-order valence-corrected chi connectivity index (χ3v) is 4.94. The summed E-state index contributed by atoms with van der Waals surface area (Å²) in [5, 5.41) is 10.00. The second kappa shape index (κ2) is 10.3. The van der Waals surface area contributed by atoms with Crippen LogP contribution < -0.4 is 5.73 Å². The van der Waals surface area contributed by atoms with Gasteiger partial charge in [0, 0.05) is 10.6 Å². The maximum Gasteiger partial charge on any atom is 0.0802 e. The van der Waals surface area contributed by atoms with Gasteiger partial charge >= 0.3 is 0 Å². The number of benzene rings is 1. The summed E-state index contributed by atoms with van der Waals surface area (Å²) in [6.07, 6.45) is 5.39. The van der Waals surface area contributed by atoms with E-state index in [-0.39, 0.29) is 0 Å². The lowest BCUT2D eigenvalue weighted by Crippen LogP contribution is -2.06. The van der Waals surface area contributed by atoms with Crippen molar-refractivity contribution in [2.75, 3.05) is 12.3 Å². The van der Waals surface area contributed by atoms with Gasteiger partial charge in [0.1, 0.15) is 0 Å². The first-order chi connectivity index (χ1) is 9.71. The Hall–Kier alpha value is -0.510. The van der Waals surface area contributed by atoms with Crippen LogP contribution in [0.4, 0.5) is 0 Å². The van der Waals surface area contributed by atoms with Crippen molar-refractivity contribution < 1.29 is 5.11 Å². The van der Waals surface area contributed by atoms with Gasteiger partial charge in [-0.15, -0.1) is 11.8 Å². The molecule has 0 aliphatic heterocycles. The van der Waals surface area contributed by atoms with Crippen molar-refractivity contribution in [1.82, 2.24) is 0 Å². The first kappa shape index (κ1) is 17.5. The molecule has 0 aliphatic carbocycles. The lowest BCUT2D eigenvalue weighted by molar-refractivity contribution is 0.170. The van der Waals surface area contributed by atoms with Crippen molar-refractivity contribution in [2.45, 2.75) is 57.0 Å². The van der Waals surface area contributed by atoms with Gasteiger partial charge in [-0.05, 0) is 43.0 Å². The van der Waals surface area contributed by atoms with Gasteiger partial charge in [-0.2, -0.15) is 0 Å². The van der Waals surface area contributed by atoms with E-state index in [1.54, 1.807) is 0 Å². The van der Waals surface area contributed by atoms with Crippen LogP contribution in [-0.4, -0.2) is 17.4 Å². The maximum absolute atomic E-state index is 10.00. The number of aliphatic hydroxyl groups is 1. The third kappa shape index (κ3) is 6.29. The van der Waals surface area contributed by atoms with Crippen LogP contribution in [0.1, 0.15) is 57.6 Å². The Kier molecular flexibility index (Phi) is 8.99. The van der Waals surface area contributed by atoms with E-state index in [2.05, 4.69) is 26.0 Å². The predicted octanol–water partition coefficient (Wildman–Crippen LogP) is 4.38. The monoisotopic (exact) mass is 295 g/mol. The zero-order valence-electron chi connectivity index (χ0n) is 12.8. The molecule has 2 nitrogen and oxygen atoms in total. The normalized spacial score (nSPS) is 14.2. The molecule has 3 N–H and O–H groups in total. The second-order valence-electron chi connectivity index (χ2n) is 5.39. The molecule has 0 heterocycles. The number of unbranched alkanes of at least 4 members (excludes halogenated alkanes) is 1. The van der Waals surface area contributed by atoms with Crippen LogP contribution in [-0.2, 0) is 0 Å². The van der Waals surface area contributed by atoms with Crippen molar-refractivity contribution >= 4 is 11.8 Å². The van der Waals surface area contributed by atoms with E-state index in [1.807, 2.05) is 23.9 Å². The summed E-state index contributed by atoms with van der Waals surface area (Å²) >= 11 is 1.91. The number of rotatable bonds is 10. The van der Waals surface area contributed by atoms with E-state index in [4.69, 9.17) is 5.73 Å². The van der Waals surface area contributed by atoms with Crippen molar-refractivity contribution in [3.05, 3.63) is 29.8 Å². The highest BCUT2D eigenvalue weighted by molar-refractivity contribution is 7.99. The lowest BCUT2D eigenvalue weighted by atomic mass is 10.0. The number of hydrogen-bond acceptors (Lipinski definition) is 3. The summed E-state index contributed by atoms with van der Waals surface area (Å²) in [7, 11) is 0. The molecule has 0 fully saturated rings. The molecule has 20 heavy (non-hydrogen) atoms. The zero-order valence-corrected chi connectivity index (χ0v) is 13.7. The maximum atomic E-state index is 10.00.